The molecule has 0 aromatic heterocycles. The smallest absolute Gasteiger partial charge is 0.237 e. The summed E-state index contributed by atoms with van der Waals surface area (Å²) < 4.78 is 9.58. The number of amides is 1. The molecule has 1 aliphatic rings. The van der Waals surface area contributed by atoms with Crippen molar-refractivity contribution in [2.75, 3.05) is 38.8 Å². The highest BCUT2D eigenvalue weighted by molar-refractivity contribution is 7.98. The van der Waals surface area contributed by atoms with Crippen molar-refractivity contribution in [1.29, 1.82) is 0 Å². The second-order valence-corrected chi connectivity index (χ2v) is 6.86. The number of aliphatic hydroxyl groups is 1. The van der Waals surface area contributed by atoms with E-state index in [0.717, 1.165) is 37.6 Å². The van der Waals surface area contributed by atoms with E-state index >= 15 is 0 Å². The lowest BCUT2D eigenvalue weighted by Crippen LogP contribution is -2.47. The number of thioether (sulfide) groups is 1. The number of epoxide rings is 1. The molecule has 26 heavy (non-hydrogen) atoms. The molecule has 2 unspecified atom stereocenters. The van der Waals surface area contributed by atoms with E-state index in [1.807, 2.05) is 25.1 Å². The van der Waals surface area contributed by atoms with Crippen LogP contribution in [0, 0.1) is 0 Å². The third-order valence-electron chi connectivity index (χ3n) is 3.55. The Balaban J connectivity index is 0.000000597. The number of aliphatic hydroxyl groups excluding tert-OH is 1. The van der Waals surface area contributed by atoms with E-state index in [1.54, 1.807) is 11.8 Å². The Morgan fingerprint density at radius 2 is 2.12 bits per heavy atom. The number of nitrogens with one attached hydrogen (secondary N) is 2. The molecule has 3 N–H and O–H groups in total. The summed E-state index contributed by atoms with van der Waals surface area (Å²) in [6.45, 7) is 6.64. The van der Waals surface area contributed by atoms with Gasteiger partial charge in [0.1, 0.15) is 6.79 Å². The summed E-state index contributed by atoms with van der Waals surface area (Å²) in [7, 11) is 0. The molecule has 1 aliphatic heterocycles. The van der Waals surface area contributed by atoms with Gasteiger partial charge in [0.2, 0.25) is 5.91 Å². The van der Waals surface area contributed by atoms with Crippen molar-refractivity contribution in [3.05, 3.63) is 35.9 Å². The van der Waals surface area contributed by atoms with Crippen molar-refractivity contribution in [2.24, 2.45) is 0 Å². The number of carbonyl (C=O) groups is 1. The highest BCUT2D eigenvalue weighted by atomic mass is 32.2. The van der Waals surface area contributed by atoms with E-state index in [-0.39, 0.29) is 18.7 Å². The van der Waals surface area contributed by atoms with Crippen LogP contribution in [0.15, 0.2) is 30.3 Å². The molecule has 1 amide bonds. The highest BCUT2D eigenvalue weighted by Crippen LogP contribution is 2.14. The molecule has 1 heterocycles. The first-order valence-electron chi connectivity index (χ1n) is 9.14. The maximum atomic E-state index is 12.1. The minimum absolute atomic E-state index is 0.0954. The van der Waals surface area contributed by atoms with Crippen LogP contribution < -0.4 is 10.6 Å². The van der Waals surface area contributed by atoms with Crippen molar-refractivity contribution in [3.63, 3.8) is 0 Å². The molecule has 148 valence electrons. The molecule has 6 nitrogen and oxygen atoms in total. The average Bonchev–Trinajstić information content (AvgIpc) is 3.49. The van der Waals surface area contributed by atoms with E-state index in [9.17, 15) is 4.79 Å². The molecule has 0 saturated carbocycles. The van der Waals surface area contributed by atoms with E-state index in [2.05, 4.69) is 34.4 Å². The third kappa shape index (κ3) is 11.5. The molecular weight excluding hydrogens is 352 g/mol. The third-order valence-corrected chi connectivity index (χ3v) is 4.66. The molecule has 7 heteroatoms. The van der Waals surface area contributed by atoms with Crippen LogP contribution in [0.5, 0.6) is 0 Å². The van der Waals surface area contributed by atoms with Gasteiger partial charge in [-0.3, -0.25) is 4.79 Å². The fraction of sp³-hybridized carbons (Fsp3) is 0.632. The van der Waals surface area contributed by atoms with Crippen LogP contribution in [-0.2, 0) is 20.0 Å². The molecule has 0 spiro atoms. The Morgan fingerprint density at radius 1 is 1.38 bits per heavy atom. The Bertz CT molecular complexity index is 470. The summed E-state index contributed by atoms with van der Waals surface area (Å²) in [6, 6.07) is 10.2. The van der Waals surface area contributed by atoms with E-state index < -0.39 is 0 Å². The van der Waals surface area contributed by atoms with Crippen molar-refractivity contribution in [2.45, 2.75) is 38.2 Å². The Labute approximate surface area is 161 Å². The topological polar surface area (TPSA) is 83.1 Å². The molecule has 0 radical (unpaired) electrons. The quantitative estimate of drug-likeness (QED) is 0.376. The summed E-state index contributed by atoms with van der Waals surface area (Å²) in [4.78, 5) is 12.1. The van der Waals surface area contributed by atoms with Crippen molar-refractivity contribution in [3.8, 4) is 0 Å². The van der Waals surface area contributed by atoms with Crippen molar-refractivity contribution < 1.29 is 19.4 Å². The van der Waals surface area contributed by atoms with Gasteiger partial charge >= 0.3 is 0 Å². The van der Waals surface area contributed by atoms with Crippen LogP contribution in [-0.4, -0.2) is 62.0 Å². The molecule has 1 saturated heterocycles. The Hall–Kier alpha value is -1.12. The van der Waals surface area contributed by atoms with Gasteiger partial charge in [-0.15, -0.1) is 0 Å². The normalized spacial score (nSPS) is 16.3. The first-order chi connectivity index (χ1) is 12.7. The summed E-state index contributed by atoms with van der Waals surface area (Å²) in [5, 5.41) is 14.1. The fourth-order valence-corrected chi connectivity index (χ4v) is 3.07. The number of benzene rings is 1. The van der Waals surface area contributed by atoms with Crippen molar-refractivity contribution >= 4 is 17.7 Å². The molecule has 0 aliphatic carbocycles. The largest absolute Gasteiger partial charge is 0.372 e. The van der Waals surface area contributed by atoms with Crippen LogP contribution in [0.4, 0.5) is 0 Å². The fourth-order valence-electron chi connectivity index (χ4n) is 2.02. The summed E-state index contributed by atoms with van der Waals surface area (Å²) in [5.41, 5.74) is 1.29. The van der Waals surface area contributed by atoms with Gasteiger partial charge in [0.05, 0.1) is 18.8 Å². The van der Waals surface area contributed by atoms with Gasteiger partial charge in [0, 0.05) is 31.2 Å². The Morgan fingerprint density at radius 3 is 2.65 bits per heavy atom. The monoisotopic (exact) mass is 384 g/mol. The van der Waals surface area contributed by atoms with Gasteiger partial charge in [0.25, 0.3) is 0 Å². The van der Waals surface area contributed by atoms with Crippen molar-refractivity contribution in [1.82, 2.24) is 10.6 Å². The molecule has 1 aromatic carbocycles. The lowest BCUT2D eigenvalue weighted by Gasteiger charge is -2.17. The molecule has 1 aromatic rings. The van der Waals surface area contributed by atoms with Crippen LogP contribution in [0.3, 0.4) is 0 Å². The van der Waals surface area contributed by atoms with Crippen LogP contribution in [0.25, 0.3) is 0 Å². The number of hydrogen-bond acceptors (Lipinski definition) is 6. The van der Waals surface area contributed by atoms with Crippen LogP contribution >= 0.6 is 11.8 Å². The van der Waals surface area contributed by atoms with Crippen LogP contribution in [0.1, 0.15) is 25.8 Å². The van der Waals surface area contributed by atoms with Gasteiger partial charge < -0.3 is 25.2 Å². The highest BCUT2D eigenvalue weighted by Gasteiger charge is 2.25. The standard InChI is InChI=1S/C16H24N2O2S.C3H8O2/c1-2-8-17-16(19)15(18-9-14-10-20-14)12-21-11-13-6-4-3-5-7-13;1-2-5-3-4/h3-7,14-15,18H,2,8-12H2,1H3,(H,17,19);4H,2-3H2,1H3. The van der Waals surface area contributed by atoms with Gasteiger partial charge in [0.15, 0.2) is 0 Å². The zero-order valence-corrected chi connectivity index (χ0v) is 16.6. The lowest BCUT2D eigenvalue weighted by molar-refractivity contribution is -0.122. The zero-order chi connectivity index (χ0) is 19.0. The predicted molar refractivity (Wildman–Crippen MR) is 106 cm³/mol. The average molecular weight is 385 g/mol. The molecular formula is C19H32N2O4S. The molecule has 2 rings (SSSR count). The van der Waals surface area contributed by atoms with Gasteiger partial charge in [-0.05, 0) is 18.9 Å². The summed E-state index contributed by atoms with van der Waals surface area (Å²) >= 11 is 1.78. The van der Waals surface area contributed by atoms with E-state index in [4.69, 9.17) is 9.84 Å². The summed E-state index contributed by atoms with van der Waals surface area (Å²) in [5.74, 6) is 1.80. The first-order valence-corrected chi connectivity index (χ1v) is 10.3. The Kier molecular flexibility index (Phi) is 13.2. The minimum Gasteiger partial charge on any atom is -0.372 e. The van der Waals surface area contributed by atoms with Crippen LogP contribution in [0.2, 0.25) is 0 Å². The SMILES string of the molecule is CCCNC(=O)C(CSCc1ccccc1)NCC1CO1.CCOCO. The van der Waals surface area contributed by atoms with Gasteiger partial charge in [-0.25, -0.2) is 0 Å². The predicted octanol–water partition coefficient (Wildman–Crippen LogP) is 1.78. The first kappa shape index (κ1) is 22.9. The molecule has 0 bridgehead atoms. The zero-order valence-electron chi connectivity index (χ0n) is 15.8. The number of hydrogen-bond donors (Lipinski definition) is 3. The second-order valence-electron chi connectivity index (χ2n) is 5.83. The van der Waals surface area contributed by atoms with E-state index in [0.29, 0.717) is 12.7 Å². The molecule has 1 fully saturated rings. The maximum Gasteiger partial charge on any atom is 0.237 e. The number of carbonyl (C=O) groups excluding carboxylic acids is 1. The number of rotatable bonds is 12. The molecule has 2 atom stereocenters. The maximum absolute atomic E-state index is 12.1. The van der Waals surface area contributed by atoms with E-state index in [1.165, 1.54) is 5.56 Å². The van der Waals surface area contributed by atoms with Gasteiger partial charge in [-0.1, -0.05) is 37.3 Å². The second kappa shape index (κ2) is 15.0. The number of ether oxygens (including phenoxy) is 2. The summed E-state index contributed by atoms with van der Waals surface area (Å²) in [6.07, 6.45) is 1.26. The van der Waals surface area contributed by atoms with Gasteiger partial charge in [-0.2, -0.15) is 11.8 Å². The minimum atomic E-state index is -0.156. The lowest BCUT2D eigenvalue weighted by atomic mass is 10.2.